The summed E-state index contributed by atoms with van der Waals surface area (Å²) in [7, 11) is 1.67. The number of anilines is 1. The average molecular weight is 288 g/mol. The molecule has 0 aliphatic heterocycles. The summed E-state index contributed by atoms with van der Waals surface area (Å²) in [5, 5.41) is 0. The van der Waals surface area contributed by atoms with E-state index in [9.17, 15) is 0 Å². The van der Waals surface area contributed by atoms with Crippen LogP contribution in [0.5, 0.6) is 0 Å². The number of nitrogen functional groups attached to an aromatic ring is 1. The molecule has 0 radical (unpaired) electrons. The Morgan fingerprint density at radius 2 is 2.06 bits per heavy atom. The third-order valence-electron chi connectivity index (χ3n) is 2.42. The Morgan fingerprint density at radius 1 is 1.38 bits per heavy atom. The van der Waals surface area contributed by atoms with Crippen molar-refractivity contribution in [3.8, 4) is 0 Å². The normalized spacial score (nSPS) is 12.8. The summed E-state index contributed by atoms with van der Waals surface area (Å²) in [4.78, 5) is 8.74. The molecule has 2 N–H and O–H groups in total. The van der Waals surface area contributed by atoms with Crippen molar-refractivity contribution in [2.45, 2.75) is 39.2 Å². The van der Waals surface area contributed by atoms with E-state index in [2.05, 4.69) is 32.8 Å². The molecule has 1 unspecified atom stereocenters. The lowest BCUT2D eigenvalue weighted by molar-refractivity contribution is 0.0875. The standard InChI is InChI=1S/C11H18BrN3O/c1-4-6-8(16-3)11-14-7(5-2)9(12)10(13)15-11/h8H,4-6H2,1-3H3,(H2,13,14,15). The van der Waals surface area contributed by atoms with Gasteiger partial charge in [-0.1, -0.05) is 20.3 Å². The van der Waals surface area contributed by atoms with Crippen molar-refractivity contribution in [1.29, 1.82) is 0 Å². The Labute approximate surface area is 105 Å². The minimum absolute atomic E-state index is 0.0642. The van der Waals surface area contributed by atoms with Crippen LogP contribution in [0.3, 0.4) is 0 Å². The molecule has 0 bridgehead atoms. The Bertz CT molecular complexity index is 357. The van der Waals surface area contributed by atoms with E-state index >= 15 is 0 Å². The molecule has 0 aromatic carbocycles. The van der Waals surface area contributed by atoms with E-state index in [1.165, 1.54) is 0 Å². The van der Waals surface area contributed by atoms with E-state index in [-0.39, 0.29) is 6.10 Å². The zero-order valence-corrected chi connectivity index (χ0v) is 11.5. The second-order valence-corrected chi connectivity index (χ2v) is 4.39. The summed E-state index contributed by atoms with van der Waals surface area (Å²) in [6, 6.07) is 0. The molecular weight excluding hydrogens is 270 g/mol. The number of rotatable bonds is 5. The van der Waals surface area contributed by atoms with Crippen molar-refractivity contribution in [1.82, 2.24) is 9.97 Å². The van der Waals surface area contributed by atoms with E-state index in [1.54, 1.807) is 7.11 Å². The summed E-state index contributed by atoms with van der Waals surface area (Å²) in [5.74, 6) is 1.17. The summed E-state index contributed by atoms with van der Waals surface area (Å²) in [6.45, 7) is 4.15. The molecule has 0 saturated heterocycles. The Hall–Kier alpha value is -0.680. The van der Waals surface area contributed by atoms with E-state index in [0.717, 1.165) is 29.4 Å². The quantitative estimate of drug-likeness (QED) is 0.905. The molecule has 16 heavy (non-hydrogen) atoms. The molecule has 0 saturated carbocycles. The van der Waals surface area contributed by atoms with E-state index in [0.29, 0.717) is 11.6 Å². The zero-order chi connectivity index (χ0) is 12.1. The van der Waals surface area contributed by atoms with Gasteiger partial charge in [0.15, 0.2) is 5.82 Å². The van der Waals surface area contributed by atoms with E-state index in [4.69, 9.17) is 10.5 Å². The molecule has 1 aromatic rings. The highest BCUT2D eigenvalue weighted by molar-refractivity contribution is 9.10. The largest absolute Gasteiger partial charge is 0.383 e. The van der Waals surface area contributed by atoms with Crippen LogP contribution in [-0.2, 0) is 11.2 Å². The smallest absolute Gasteiger partial charge is 0.159 e. The van der Waals surface area contributed by atoms with Crippen LogP contribution in [-0.4, -0.2) is 17.1 Å². The number of halogens is 1. The minimum Gasteiger partial charge on any atom is -0.383 e. The third kappa shape index (κ3) is 2.92. The zero-order valence-electron chi connectivity index (χ0n) is 9.96. The Kier molecular flexibility index (Phi) is 5.15. The van der Waals surface area contributed by atoms with Crippen molar-refractivity contribution in [2.75, 3.05) is 12.8 Å². The molecule has 0 aliphatic carbocycles. The van der Waals surface area contributed by atoms with Crippen molar-refractivity contribution in [2.24, 2.45) is 0 Å². The summed E-state index contributed by atoms with van der Waals surface area (Å²) >= 11 is 3.39. The van der Waals surface area contributed by atoms with Crippen LogP contribution < -0.4 is 5.73 Å². The number of nitrogens with two attached hydrogens (primary N) is 1. The van der Waals surface area contributed by atoms with Crippen molar-refractivity contribution in [3.63, 3.8) is 0 Å². The van der Waals surface area contributed by atoms with Crippen LogP contribution in [0, 0.1) is 0 Å². The van der Waals surface area contributed by atoms with E-state index < -0.39 is 0 Å². The number of aromatic nitrogens is 2. The first-order chi connectivity index (χ1) is 7.63. The van der Waals surface area contributed by atoms with Crippen molar-refractivity contribution < 1.29 is 4.74 Å². The van der Waals surface area contributed by atoms with Gasteiger partial charge in [-0.05, 0) is 28.8 Å². The number of nitrogens with zero attached hydrogens (tertiary/aromatic N) is 2. The van der Waals surface area contributed by atoms with Crippen LogP contribution in [0.2, 0.25) is 0 Å². The molecule has 1 rings (SSSR count). The van der Waals surface area contributed by atoms with Gasteiger partial charge in [-0.2, -0.15) is 0 Å². The molecule has 5 heteroatoms. The van der Waals surface area contributed by atoms with Gasteiger partial charge >= 0.3 is 0 Å². The molecule has 1 atom stereocenters. The van der Waals surface area contributed by atoms with Gasteiger partial charge in [0.05, 0.1) is 10.2 Å². The number of methoxy groups -OCH3 is 1. The monoisotopic (exact) mass is 287 g/mol. The fourth-order valence-corrected chi connectivity index (χ4v) is 1.98. The maximum atomic E-state index is 5.83. The van der Waals surface area contributed by atoms with Crippen LogP contribution in [0.25, 0.3) is 0 Å². The fraction of sp³-hybridized carbons (Fsp3) is 0.636. The van der Waals surface area contributed by atoms with Gasteiger partial charge in [0.2, 0.25) is 0 Å². The topological polar surface area (TPSA) is 61.0 Å². The van der Waals surface area contributed by atoms with Gasteiger partial charge < -0.3 is 10.5 Å². The number of aryl methyl sites for hydroxylation is 1. The summed E-state index contributed by atoms with van der Waals surface area (Å²) in [5.41, 5.74) is 6.76. The molecule has 1 aromatic heterocycles. The maximum Gasteiger partial charge on any atom is 0.159 e. The average Bonchev–Trinajstić information content (AvgIpc) is 2.29. The summed E-state index contributed by atoms with van der Waals surface area (Å²) < 4.78 is 6.17. The van der Waals surface area contributed by atoms with Gasteiger partial charge in [0, 0.05) is 7.11 Å². The third-order valence-corrected chi connectivity index (χ3v) is 3.28. The highest BCUT2D eigenvalue weighted by Crippen LogP contribution is 2.26. The SMILES string of the molecule is CCCC(OC)c1nc(N)c(Br)c(CC)n1. The maximum absolute atomic E-state index is 5.83. The molecule has 0 aliphatic rings. The van der Waals surface area contributed by atoms with Crippen molar-refractivity contribution >= 4 is 21.7 Å². The molecule has 0 spiro atoms. The van der Waals surface area contributed by atoms with Gasteiger partial charge in [0.25, 0.3) is 0 Å². The van der Waals surface area contributed by atoms with Gasteiger partial charge in [-0.15, -0.1) is 0 Å². The molecular formula is C11H18BrN3O. The Morgan fingerprint density at radius 3 is 2.56 bits per heavy atom. The highest BCUT2D eigenvalue weighted by atomic mass is 79.9. The van der Waals surface area contributed by atoms with Crippen LogP contribution >= 0.6 is 15.9 Å². The molecule has 0 amide bonds. The van der Waals surface area contributed by atoms with Crippen LogP contribution in [0.4, 0.5) is 5.82 Å². The van der Waals surface area contributed by atoms with Gasteiger partial charge in [-0.25, -0.2) is 9.97 Å². The lowest BCUT2D eigenvalue weighted by Crippen LogP contribution is -2.11. The molecule has 1 heterocycles. The number of ether oxygens (including phenoxy) is 1. The summed E-state index contributed by atoms with van der Waals surface area (Å²) in [6.07, 6.45) is 2.69. The lowest BCUT2D eigenvalue weighted by atomic mass is 10.2. The van der Waals surface area contributed by atoms with Crippen molar-refractivity contribution in [3.05, 3.63) is 16.0 Å². The highest BCUT2D eigenvalue weighted by Gasteiger charge is 2.16. The number of hydrogen-bond acceptors (Lipinski definition) is 4. The first-order valence-corrected chi connectivity index (χ1v) is 6.27. The predicted molar refractivity (Wildman–Crippen MR) is 68.2 cm³/mol. The van der Waals surface area contributed by atoms with Gasteiger partial charge in [0.1, 0.15) is 11.9 Å². The fourth-order valence-electron chi connectivity index (χ4n) is 1.53. The van der Waals surface area contributed by atoms with E-state index in [1.807, 2.05) is 6.92 Å². The minimum atomic E-state index is -0.0642. The Balaban J connectivity index is 3.08. The second-order valence-electron chi connectivity index (χ2n) is 3.59. The lowest BCUT2D eigenvalue weighted by Gasteiger charge is -2.15. The molecule has 90 valence electrons. The van der Waals surface area contributed by atoms with Crippen LogP contribution in [0.1, 0.15) is 44.3 Å². The van der Waals surface area contributed by atoms with Crippen LogP contribution in [0.15, 0.2) is 4.47 Å². The molecule has 4 nitrogen and oxygen atoms in total. The molecule has 0 fully saturated rings. The predicted octanol–water partition coefficient (Wildman–Crippen LogP) is 2.87. The van der Waals surface area contributed by atoms with Gasteiger partial charge in [-0.3, -0.25) is 0 Å². The first kappa shape index (κ1) is 13.4. The first-order valence-electron chi connectivity index (χ1n) is 5.48. The second kappa shape index (κ2) is 6.15. The number of hydrogen-bond donors (Lipinski definition) is 1.